The average Bonchev–Trinajstić information content (AvgIpc) is 2.86. The Hall–Kier alpha value is -2.63. The molecule has 0 aliphatic rings. The van der Waals surface area contributed by atoms with Gasteiger partial charge in [-0.2, -0.15) is 5.26 Å². The van der Waals surface area contributed by atoms with Crippen molar-refractivity contribution in [2.24, 2.45) is 0 Å². The zero-order chi connectivity index (χ0) is 12.8. The standard InChI is InChI=1S/C13H10N4O/c1-18-10-12-9-17(16-15-12)13-6-4-11(5-7-13)3-2-8-14/h4-7,9H,10H2,1H3. The minimum atomic E-state index is 0.436. The van der Waals surface area contributed by atoms with E-state index in [0.29, 0.717) is 6.61 Å². The van der Waals surface area contributed by atoms with E-state index in [1.54, 1.807) is 24.1 Å². The van der Waals surface area contributed by atoms with Crippen LogP contribution in [0.4, 0.5) is 0 Å². The van der Waals surface area contributed by atoms with E-state index in [1.807, 2.05) is 24.3 Å². The van der Waals surface area contributed by atoms with Gasteiger partial charge in [0, 0.05) is 18.6 Å². The van der Waals surface area contributed by atoms with Crippen LogP contribution >= 0.6 is 0 Å². The third kappa shape index (κ3) is 2.73. The highest BCUT2D eigenvalue weighted by atomic mass is 16.5. The van der Waals surface area contributed by atoms with Gasteiger partial charge in [-0.1, -0.05) is 11.1 Å². The number of ether oxygens (including phenoxy) is 1. The monoisotopic (exact) mass is 238 g/mol. The van der Waals surface area contributed by atoms with Crippen molar-refractivity contribution in [1.82, 2.24) is 15.0 Å². The summed E-state index contributed by atoms with van der Waals surface area (Å²) in [5.74, 6) is 5.07. The summed E-state index contributed by atoms with van der Waals surface area (Å²) in [4.78, 5) is 0. The summed E-state index contributed by atoms with van der Waals surface area (Å²) in [6.45, 7) is 0.436. The number of hydrogen-bond acceptors (Lipinski definition) is 4. The van der Waals surface area contributed by atoms with Gasteiger partial charge in [-0.25, -0.2) is 4.68 Å². The van der Waals surface area contributed by atoms with E-state index in [4.69, 9.17) is 10.00 Å². The van der Waals surface area contributed by atoms with Crippen LogP contribution in [0, 0.1) is 23.2 Å². The number of nitrogens with zero attached hydrogens (tertiary/aromatic N) is 4. The van der Waals surface area contributed by atoms with E-state index in [-0.39, 0.29) is 0 Å². The first-order valence-corrected chi connectivity index (χ1v) is 5.24. The molecular weight excluding hydrogens is 228 g/mol. The maximum absolute atomic E-state index is 8.36. The van der Waals surface area contributed by atoms with Crippen molar-refractivity contribution >= 4 is 0 Å². The summed E-state index contributed by atoms with van der Waals surface area (Å²) >= 11 is 0. The van der Waals surface area contributed by atoms with Gasteiger partial charge >= 0.3 is 0 Å². The number of benzene rings is 1. The van der Waals surface area contributed by atoms with Crippen LogP contribution in [0.1, 0.15) is 11.3 Å². The Bertz CT molecular complexity index is 625. The largest absolute Gasteiger partial charge is 0.378 e. The summed E-state index contributed by atoms with van der Waals surface area (Å²) in [5.41, 5.74) is 2.44. The quantitative estimate of drug-likeness (QED) is 0.756. The maximum Gasteiger partial charge on any atom is 0.152 e. The Morgan fingerprint density at radius 2 is 2.11 bits per heavy atom. The van der Waals surface area contributed by atoms with Crippen molar-refractivity contribution in [3.05, 3.63) is 41.7 Å². The third-order valence-electron chi connectivity index (χ3n) is 2.23. The molecule has 0 radical (unpaired) electrons. The summed E-state index contributed by atoms with van der Waals surface area (Å²) < 4.78 is 6.64. The predicted octanol–water partition coefficient (Wildman–Crippen LogP) is 1.29. The number of hydrogen-bond donors (Lipinski definition) is 0. The number of methoxy groups -OCH3 is 1. The first-order valence-electron chi connectivity index (χ1n) is 5.24. The van der Waals surface area contributed by atoms with Gasteiger partial charge in [0.25, 0.3) is 0 Å². The summed E-state index contributed by atoms with van der Waals surface area (Å²) in [7, 11) is 1.61. The second-order valence-corrected chi connectivity index (χ2v) is 3.50. The Kier molecular flexibility index (Phi) is 3.70. The lowest BCUT2D eigenvalue weighted by atomic mass is 10.2. The molecule has 0 saturated heterocycles. The highest BCUT2D eigenvalue weighted by molar-refractivity contribution is 5.42. The molecule has 0 spiro atoms. The van der Waals surface area contributed by atoms with Crippen molar-refractivity contribution in [3.63, 3.8) is 0 Å². The molecule has 0 unspecified atom stereocenters. The second-order valence-electron chi connectivity index (χ2n) is 3.50. The Morgan fingerprint density at radius 3 is 2.78 bits per heavy atom. The van der Waals surface area contributed by atoms with Crippen LogP contribution in [0.3, 0.4) is 0 Å². The second kappa shape index (κ2) is 5.62. The molecule has 88 valence electrons. The van der Waals surface area contributed by atoms with Crippen LogP contribution in [0.15, 0.2) is 30.5 Å². The fourth-order valence-corrected chi connectivity index (χ4v) is 1.44. The van der Waals surface area contributed by atoms with Gasteiger partial charge in [0.15, 0.2) is 6.07 Å². The fourth-order valence-electron chi connectivity index (χ4n) is 1.44. The molecule has 0 aliphatic carbocycles. The van der Waals surface area contributed by atoms with Crippen molar-refractivity contribution in [3.8, 4) is 23.6 Å². The van der Waals surface area contributed by atoms with Gasteiger partial charge in [0.1, 0.15) is 5.69 Å². The van der Waals surface area contributed by atoms with E-state index in [1.165, 1.54) is 0 Å². The van der Waals surface area contributed by atoms with E-state index in [9.17, 15) is 0 Å². The Morgan fingerprint density at radius 1 is 1.33 bits per heavy atom. The number of aromatic nitrogens is 3. The molecule has 0 N–H and O–H groups in total. The molecule has 1 heterocycles. The van der Waals surface area contributed by atoms with Gasteiger partial charge in [-0.15, -0.1) is 5.10 Å². The highest BCUT2D eigenvalue weighted by Gasteiger charge is 2.01. The minimum absolute atomic E-state index is 0.436. The van der Waals surface area contributed by atoms with E-state index < -0.39 is 0 Å². The van der Waals surface area contributed by atoms with Crippen molar-refractivity contribution in [2.75, 3.05) is 7.11 Å². The maximum atomic E-state index is 8.36. The van der Waals surface area contributed by atoms with Gasteiger partial charge in [-0.05, 0) is 24.3 Å². The molecule has 18 heavy (non-hydrogen) atoms. The Balaban J connectivity index is 2.20. The third-order valence-corrected chi connectivity index (χ3v) is 2.23. The molecule has 0 fully saturated rings. The molecule has 0 amide bonds. The van der Waals surface area contributed by atoms with Crippen LogP contribution in [0.5, 0.6) is 0 Å². The number of nitriles is 1. The molecule has 1 aromatic carbocycles. The van der Waals surface area contributed by atoms with Crippen LogP contribution < -0.4 is 0 Å². The minimum Gasteiger partial charge on any atom is -0.378 e. The lowest BCUT2D eigenvalue weighted by molar-refractivity contribution is 0.181. The van der Waals surface area contributed by atoms with Crippen LogP contribution in [0.25, 0.3) is 5.69 Å². The summed E-state index contributed by atoms with van der Waals surface area (Å²) in [6, 6.07) is 9.17. The van der Waals surface area contributed by atoms with E-state index in [0.717, 1.165) is 16.9 Å². The molecule has 0 aliphatic heterocycles. The summed E-state index contributed by atoms with van der Waals surface area (Å²) in [5, 5.41) is 16.3. The average molecular weight is 238 g/mol. The molecule has 2 rings (SSSR count). The lowest BCUT2D eigenvalue weighted by Gasteiger charge is -1.99. The Labute approximate surface area is 105 Å². The van der Waals surface area contributed by atoms with Gasteiger partial charge in [0.2, 0.25) is 0 Å². The fraction of sp³-hybridized carbons (Fsp3) is 0.154. The predicted molar refractivity (Wildman–Crippen MR) is 64.6 cm³/mol. The van der Waals surface area contributed by atoms with Gasteiger partial charge in [0.05, 0.1) is 18.5 Å². The van der Waals surface area contributed by atoms with Crippen molar-refractivity contribution in [2.45, 2.75) is 6.61 Å². The van der Waals surface area contributed by atoms with Crippen molar-refractivity contribution < 1.29 is 4.74 Å². The normalized spacial score (nSPS) is 9.33. The zero-order valence-corrected chi connectivity index (χ0v) is 9.79. The molecule has 0 saturated carbocycles. The molecule has 0 bridgehead atoms. The van der Waals surface area contributed by atoms with Gasteiger partial charge < -0.3 is 4.74 Å². The first-order chi connectivity index (χ1) is 8.83. The molecule has 5 nitrogen and oxygen atoms in total. The number of rotatable bonds is 3. The smallest absolute Gasteiger partial charge is 0.152 e. The van der Waals surface area contributed by atoms with Crippen molar-refractivity contribution in [1.29, 1.82) is 5.26 Å². The van der Waals surface area contributed by atoms with Crippen LogP contribution in [-0.4, -0.2) is 22.1 Å². The van der Waals surface area contributed by atoms with E-state index in [2.05, 4.69) is 22.2 Å². The molecule has 1 aromatic heterocycles. The van der Waals surface area contributed by atoms with Crippen LogP contribution in [-0.2, 0) is 11.3 Å². The highest BCUT2D eigenvalue weighted by Crippen LogP contribution is 2.08. The molecule has 0 atom stereocenters. The van der Waals surface area contributed by atoms with E-state index >= 15 is 0 Å². The summed E-state index contributed by atoms with van der Waals surface area (Å²) in [6.07, 6.45) is 1.81. The molecular formula is C13H10N4O. The topological polar surface area (TPSA) is 63.7 Å². The molecule has 2 aromatic rings. The first kappa shape index (κ1) is 11.8. The zero-order valence-electron chi connectivity index (χ0n) is 9.79. The molecule has 5 heteroatoms. The van der Waals surface area contributed by atoms with Crippen LogP contribution in [0.2, 0.25) is 0 Å². The van der Waals surface area contributed by atoms with Gasteiger partial charge in [-0.3, -0.25) is 0 Å². The lowest BCUT2D eigenvalue weighted by Crippen LogP contribution is -1.94. The SMILES string of the molecule is COCc1cn(-c2ccc(C#CC#N)cc2)nn1.